The van der Waals surface area contributed by atoms with Gasteiger partial charge in [0.2, 0.25) is 0 Å². The van der Waals surface area contributed by atoms with Crippen LogP contribution in [0.15, 0.2) is 53.9 Å². The molecule has 19 heavy (non-hydrogen) atoms. The fraction of sp³-hybridized carbons (Fsp3) is 0. The number of anilines is 1. The Morgan fingerprint density at radius 1 is 1.21 bits per heavy atom. The summed E-state index contributed by atoms with van der Waals surface area (Å²) >= 11 is 0. The van der Waals surface area contributed by atoms with Crippen molar-refractivity contribution in [2.75, 3.05) is 5.32 Å². The van der Waals surface area contributed by atoms with Crippen molar-refractivity contribution in [2.24, 2.45) is 10.9 Å². The number of H-pyrrole nitrogens is 1. The Bertz CT molecular complexity index is 594. The summed E-state index contributed by atoms with van der Waals surface area (Å²) < 4.78 is 0. The van der Waals surface area contributed by atoms with Gasteiger partial charge in [0.1, 0.15) is 5.56 Å². The lowest BCUT2D eigenvalue weighted by Gasteiger charge is -2.05. The number of nitrogens with one attached hydrogen (secondary N) is 2. The summed E-state index contributed by atoms with van der Waals surface area (Å²) in [6, 6.07) is 10.1. The van der Waals surface area contributed by atoms with Gasteiger partial charge in [0, 0.05) is 17.3 Å². The van der Waals surface area contributed by atoms with Crippen LogP contribution >= 0.6 is 0 Å². The van der Waals surface area contributed by atoms with Crippen LogP contribution in [0.4, 0.5) is 5.69 Å². The van der Waals surface area contributed by atoms with Crippen molar-refractivity contribution in [3.8, 4) is 0 Å². The van der Waals surface area contributed by atoms with Crippen LogP contribution in [0.25, 0.3) is 0 Å². The third kappa shape index (κ3) is 3.06. The van der Waals surface area contributed by atoms with Crippen LogP contribution in [0.3, 0.4) is 0 Å². The summed E-state index contributed by atoms with van der Waals surface area (Å²) in [6.45, 7) is 0. The highest BCUT2D eigenvalue weighted by Gasteiger charge is 2.08. The van der Waals surface area contributed by atoms with Crippen molar-refractivity contribution in [3.63, 3.8) is 0 Å². The van der Waals surface area contributed by atoms with Gasteiger partial charge in [-0.3, -0.25) is 4.79 Å². The maximum atomic E-state index is 11.9. The number of hydrogen-bond acceptors (Lipinski definition) is 3. The second-order valence-electron chi connectivity index (χ2n) is 3.81. The molecule has 5 N–H and O–H groups in total. The Labute approximate surface area is 109 Å². The van der Waals surface area contributed by atoms with E-state index in [9.17, 15) is 4.79 Å². The number of rotatable bonds is 3. The van der Waals surface area contributed by atoms with Gasteiger partial charge >= 0.3 is 0 Å². The number of nitrogens with two attached hydrogens (primary N) is 1. The maximum Gasteiger partial charge on any atom is 0.261 e. The number of amidine groups is 1. The molecule has 0 aliphatic heterocycles. The number of hydrogen-bond donors (Lipinski definition) is 3. The van der Waals surface area contributed by atoms with Crippen LogP contribution in [0.1, 0.15) is 15.9 Å². The molecule has 6 heteroatoms. The number of nitrogens with zero attached hydrogens (tertiary/aromatic N) is 1. The number of pyridine rings is 1. The Hall–Kier alpha value is -2.89. The predicted molar refractivity (Wildman–Crippen MR) is 69.9 cm³/mol. The van der Waals surface area contributed by atoms with Crippen molar-refractivity contribution in [1.29, 1.82) is 0 Å². The molecule has 6 nitrogen and oxygen atoms in total. The number of oxime groups is 1. The van der Waals surface area contributed by atoms with E-state index in [1.54, 1.807) is 48.8 Å². The van der Waals surface area contributed by atoms with Crippen molar-refractivity contribution in [2.45, 2.75) is 0 Å². The van der Waals surface area contributed by atoms with E-state index in [0.717, 1.165) is 0 Å². The van der Waals surface area contributed by atoms with Crippen molar-refractivity contribution in [1.82, 2.24) is 0 Å². The molecule has 0 aliphatic rings. The lowest BCUT2D eigenvalue weighted by atomic mass is 10.2. The smallest absolute Gasteiger partial charge is 0.261 e. The first-order chi connectivity index (χ1) is 9.20. The largest absolute Gasteiger partial charge is 0.409 e. The highest BCUT2D eigenvalue weighted by Crippen LogP contribution is 2.10. The molecule has 1 aromatic heterocycles. The first-order valence-corrected chi connectivity index (χ1v) is 5.56. The van der Waals surface area contributed by atoms with E-state index < -0.39 is 0 Å². The minimum atomic E-state index is -0.214. The van der Waals surface area contributed by atoms with Crippen LogP contribution in [0.2, 0.25) is 0 Å². The summed E-state index contributed by atoms with van der Waals surface area (Å²) in [5.74, 6) is -0.191. The third-order valence-corrected chi connectivity index (χ3v) is 2.52. The summed E-state index contributed by atoms with van der Waals surface area (Å²) in [4.78, 5) is 14.7. The SMILES string of the molecule is NC(=NO)c1ccc(NC(=O)c2ccc[nH+]c2)cc1. The van der Waals surface area contributed by atoms with E-state index in [-0.39, 0.29) is 11.7 Å². The average Bonchev–Trinajstić information content (AvgIpc) is 2.48. The van der Waals surface area contributed by atoms with Gasteiger partial charge < -0.3 is 16.3 Å². The predicted octanol–water partition coefficient (Wildman–Crippen LogP) is 0.847. The number of aromatic nitrogens is 1. The van der Waals surface area contributed by atoms with Crippen LogP contribution in [0.5, 0.6) is 0 Å². The summed E-state index contributed by atoms with van der Waals surface area (Å²) in [5, 5.41) is 14.2. The molecule has 0 aliphatic carbocycles. The normalized spacial score (nSPS) is 11.1. The Kier molecular flexibility index (Phi) is 3.72. The number of carbonyl (C=O) groups is 1. The Balaban J connectivity index is 2.10. The van der Waals surface area contributed by atoms with Gasteiger partial charge in [-0.1, -0.05) is 5.16 Å². The molecule has 1 aromatic carbocycles. The molecular weight excluding hydrogens is 244 g/mol. The monoisotopic (exact) mass is 257 g/mol. The molecule has 2 aromatic rings. The van der Waals surface area contributed by atoms with E-state index in [4.69, 9.17) is 10.9 Å². The van der Waals surface area contributed by atoms with Crippen molar-refractivity contribution >= 4 is 17.4 Å². The Morgan fingerprint density at radius 3 is 2.53 bits per heavy atom. The lowest BCUT2D eigenvalue weighted by molar-refractivity contribution is -0.378. The van der Waals surface area contributed by atoms with Gasteiger partial charge in [0.05, 0.1) is 0 Å². The standard InChI is InChI=1S/C13H12N4O2/c14-12(17-19)9-3-5-11(6-4-9)16-13(18)10-2-1-7-15-8-10/h1-8,19H,(H2,14,17)(H,16,18)/p+1. The number of amides is 1. The van der Waals surface area contributed by atoms with Crippen molar-refractivity contribution in [3.05, 3.63) is 59.9 Å². The highest BCUT2D eigenvalue weighted by atomic mass is 16.4. The third-order valence-electron chi connectivity index (χ3n) is 2.52. The maximum absolute atomic E-state index is 11.9. The molecule has 0 atom stereocenters. The molecule has 2 rings (SSSR count). The van der Waals surface area contributed by atoms with E-state index in [0.29, 0.717) is 16.8 Å². The van der Waals surface area contributed by atoms with Crippen LogP contribution in [-0.4, -0.2) is 17.0 Å². The van der Waals surface area contributed by atoms with Crippen LogP contribution < -0.4 is 16.0 Å². The zero-order chi connectivity index (χ0) is 13.7. The zero-order valence-electron chi connectivity index (χ0n) is 10.00. The topological polar surface area (TPSA) is 102 Å². The summed E-state index contributed by atoms with van der Waals surface area (Å²) in [7, 11) is 0. The minimum Gasteiger partial charge on any atom is -0.409 e. The molecule has 0 saturated heterocycles. The molecule has 0 fully saturated rings. The number of benzene rings is 1. The summed E-state index contributed by atoms with van der Waals surface area (Å²) in [5.41, 5.74) is 7.18. The van der Waals surface area contributed by atoms with E-state index >= 15 is 0 Å². The van der Waals surface area contributed by atoms with Gasteiger partial charge in [-0.05, 0) is 30.3 Å². The number of aromatic amines is 1. The van der Waals surface area contributed by atoms with E-state index in [1.807, 2.05) is 0 Å². The minimum absolute atomic E-state index is 0.0236. The lowest BCUT2D eigenvalue weighted by Crippen LogP contribution is -2.15. The quantitative estimate of drug-likeness (QED) is 0.329. The zero-order valence-corrected chi connectivity index (χ0v) is 10.00. The fourth-order valence-corrected chi connectivity index (χ4v) is 1.52. The molecule has 0 radical (unpaired) electrons. The molecule has 96 valence electrons. The molecule has 0 saturated carbocycles. The van der Waals surface area contributed by atoms with E-state index in [1.165, 1.54) is 0 Å². The summed E-state index contributed by atoms with van der Waals surface area (Å²) in [6.07, 6.45) is 3.34. The molecule has 0 spiro atoms. The molecular formula is C13H13N4O2+. The second kappa shape index (κ2) is 5.63. The van der Waals surface area contributed by atoms with Gasteiger partial charge in [-0.2, -0.15) is 0 Å². The first kappa shape index (κ1) is 12.6. The second-order valence-corrected chi connectivity index (χ2v) is 3.81. The number of carbonyl (C=O) groups excluding carboxylic acids is 1. The van der Waals surface area contributed by atoms with Gasteiger partial charge in [0.15, 0.2) is 18.2 Å². The molecule has 1 amide bonds. The van der Waals surface area contributed by atoms with Crippen LogP contribution in [0, 0.1) is 0 Å². The highest BCUT2D eigenvalue weighted by molar-refractivity contribution is 6.04. The first-order valence-electron chi connectivity index (χ1n) is 5.56. The fourth-order valence-electron chi connectivity index (χ4n) is 1.52. The van der Waals surface area contributed by atoms with Crippen LogP contribution in [-0.2, 0) is 0 Å². The van der Waals surface area contributed by atoms with Gasteiger partial charge in [-0.15, -0.1) is 0 Å². The molecule has 0 unspecified atom stereocenters. The average molecular weight is 257 g/mol. The van der Waals surface area contributed by atoms with Gasteiger partial charge in [-0.25, -0.2) is 4.98 Å². The Morgan fingerprint density at radius 2 is 1.95 bits per heavy atom. The van der Waals surface area contributed by atoms with Crippen molar-refractivity contribution < 1.29 is 15.0 Å². The van der Waals surface area contributed by atoms with E-state index in [2.05, 4.69) is 15.5 Å². The molecule has 1 heterocycles. The molecule has 0 bridgehead atoms. The van der Waals surface area contributed by atoms with Gasteiger partial charge in [0.25, 0.3) is 5.91 Å².